The zero-order valence-corrected chi connectivity index (χ0v) is 9.86. The predicted molar refractivity (Wildman–Crippen MR) is 65.9 cm³/mol. The van der Waals surface area contributed by atoms with Crippen LogP contribution in [0.4, 0.5) is 8.78 Å². The Labute approximate surface area is 108 Å². The molecule has 0 saturated heterocycles. The minimum Gasteiger partial charge on any atom is -0.483 e. The van der Waals surface area contributed by atoms with Crippen LogP contribution >= 0.6 is 0 Å². The van der Waals surface area contributed by atoms with Gasteiger partial charge in [0.05, 0.1) is 0 Å². The van der Waals surface area contributed by atoms with Crippen LogP contribution in [0.5, 0.6) is 5.75 Å². The Bertz CT molecular complexity index is 596. The van der Waals surface area contributed by atoms with Crippen LogP contribution in [0, 0.1) is 17.0 Å². The molecule has 4 nitrogen and oxygen atoms in total. The minimum atomic E-state index is -0.763. The number of nitrogens with one attached hydrogen (secondary N) is 1. The van der Waals surface area contributed by atoms with Crippen LogP contribution in [0.1, 0.15) is 11.3 Å². The average Bonchev–Trinajstić information content (AvgIpc) is 2.38. The van der Waals surface area contributed by atoms with Gasteiger partial charge in [-0.1, -0.05) is 6.07 Å². The molecule has 0 aliphatic rings. The highest BCUT2D eigenvalue weighted by molar-refractivity contribution is 5.93. The molecular formula is C13H11F2N3O. The fraction of sp³-hybridized carbons (Fsp3) is 0.0769. The number of amidine groups is 1. The molecule has 1 aromatic heterocycles. The Morgan fingerprint density at radius 3 is 2.58 bits per heavy atom. The Balaban J connectivity index is 2.15. The zero-order chi connectivity index (χ0) is 13.8. The number of para-hydroxylation sites is 1. The first-order valence-electron chi connectivity index (χ1n) is 5.44. The number of nitrogens with zero attached hydrogens (tertiary/aromatic N) is 1. The zero-order valence-electron chi connectivity index (χ0n) is 9.86. The second kappa shape index (κ2) is 5.43. The third-order valence-corrected chi connectivity index (χ3v) is 2.40. The van der Waals surface area contributed by atoms with Gasteiger partial charge >= 0.3 is 0 Å². The molecule has 2 aromatic rings. The standard InChI is InChI=1S/C13H11F2N3O/c14-9-2-1-3-10(15)12(9)19-7-8-4-5-18-11(6-8)13(16)17/h1-6H,7H2,(H3,16,17). The fourth-order valence-electron chi connectivity index (χ4n) is 1.49. The molecular weight excluding hydrogens is 252 g/mol. The number of hydrogen-bond acceptors (Lipinski definition) is 3. The van der Waals surface area contributed by atoms with Crippen molar-refractivity contribution in [3.8, 4) is 5.75 Å². The summed E-state index contributed by atoms with van der Waals surface area (Å²) in [5, 5.41) is 7.25. The number of rotatable bonds is 4. The van der Waals surface area contributed by atoms with Gasteiger partial charge in [0.25, 0.3) is 0 Å². The van der Waals surface area contributed by atoms with Crippen molar-refractivity contribution in [2.75, 3.05) is 0 Å². The second-order valence-electron chi connectivity index (χ2n) is 3.80. The normalized spacial score (nSPS) is 10.2. The maximum atomic E-state index is 13.3. The molecule has 0 saturated carbocycles. The number of hydrogen-bond donors (Lipinski definition) is 2. The van der Waals surface area contributed by atoms with Gasteiger partial charge < -0.3 is 10.5 Å². The first kappa shape index (κ1) is 12.9. The van der Waals surface area contributed by atoms with E-state index in [0.717, 1.165) is 12.1 Å². The van der Waals surface area contributed by atoms with E-state index in [1.54, 1.807) is 6.07 Å². The van der Waals surface area contributed by atoms with Gasteiger partial charge in [0.15, 0.2) is 17.4 Å². The van der Waals surface area contributed by atoms with E-state index < -0.39 is 17.4 Å². The van der Waals surface area contributed by atoms with Crippen molar-refractivity contribution in [1.29, 1.82) is 5.41 Å². The van der Waals surface area contributed by atoms with Gasteiger partial charge in [-0.15, -0.1) is 0 Å². The molecule has 1 aromatic carbocycles. The topological polar surface area (TPSA) is 72.0 Å². The maximum Gasteiger partial charge on any atom is 0.191 e. The second-order valence-corrected chi connectivity index (χ2v) is 3.80. The van der Waals surface area contributed by atoms with Crippen LogP contribution < -0.4 is 10.5 Å². The van der Waals surface area contributed by atoms with Crippen LogP contribution in [0.15, 0.2) is 36.5 Å². The molecule has 0 amide bonds. The Morgan fingerprint density at radius 1 is 1.26 bits per heavy atom. The fourth-order valence-corrected chi connectivity index (χ4v) is 1.49. The number of aromatic nitrogens is 1. The quantitative estimate of drug-likeness (QED) is 0.656. The van der Waals surface area contributed by atoms with E-state index in [1.807, 2.05) is 0 Å². The van der Waals surface area contributed by atoms with E-state index in [2.05, 4.69) is 4.98 Å². The molecule has 0 aliphatic carbocycles. The van der Waals surface area contributed by atoms with Crippen LogP contribution in [0.3, 0.4) is 0 Å². The highest BCUT2D eigenvalue weighted by Gasteiger charge is 2.10. The van der Waals surface area contributed by atoms with Crippen molar-refractivity contribution >= 4 is 5.84 Å². The Hall–Kier alpha value is -2.50. The molecule has 6 heteroatoms. The van der Waals surface area contributed by atoms with Crippen LogP contribution in [0.25, 0.3) is 0 Å². The van der Waals surface area contributed by atoms with Gasteiger partial charge in [-0.05, 0) is 29.8 Å². The van der Waals surface area contributed by atoms with Crippen molar-refractivity contribution in [1.82, 2.24) is 4.98 Å². The summed E-state index contributed by atoms with van der Waals surface area (Å²) in [6, 6.07) is 6.64. The summed E-state index contributed by atoms with van der Waals surface area (Å²) in [7, 11) is 0. The molecule has 1 heterocycles. The molecule has 0 bridgehead atoms. The summed E-state index contributed by atoms with van der Waals surface area (Å²) in [6.45, 7) is -0.0410. The van der Waals surface area contributed by atoms with E-state index in [-0.39, 0.29) is 18.1 Å². The molecule has 0 spiro atoms. The lowest BCUT2D eigenvalue weighted by Crippen LogP contribution is -2.13. The molecule has 0 fully saturated rings. The van der Waals surface area contributed by atoms with Gasteiger partial charge in [-0.2, -0.15) is 0 Å². The molecule has 19 heavy (non-hydrogen) atoms. The monoisotopic (exact) mass is 263 g/mol. The van der Waals surface area contributed by atoms with Gasteiger partial charge in [0.1, 0.15) is 18.1 Å². The van der Waals surface area contributed by atoms with E-state index in [1.165, 1.54) is 18.3 Å². The van der Waals surface area contributed by atoms with Crippen molar-refractivity contribution in [2.24, 2.45) is 5.73 Å². The van der Waals surface area contributed by atoms with Gasteiger partial charge in [0, 0.05) is 6.20 Å². The highest BCUT2D eigenvalue weighted by atomic mass is 19.1. The molecule has 0 unspecified atom stereocenters. The molecule has 2 rings (SSSR count). The first-order chi connectivity index (χ1) is 9.08. The van der Waals surface area contributed by atoms with Crippen molar-refractivity contribution in [3.63, 3.8) is 0 Å². The van der Waals surface area contributed by atoms with Gasteiger partial charge in [-0.25, -0.2) is 8.78 Å². The van der Waals surface area contributed by atoms with E-state index in [0.29, 0.717) is 5.56 Å². The van der Waals surface area contributed by atoms with Crippen molar-refractivity contribution in [2.45, 2.75) is 6.61 Å². The summed E-state index contributed by atoms with van der Waals surface area (Å²) in [5.41, 5.74) is 6.20. The van der Waals surface area contributed by atoms with Crippen LogP contribution in [-0.4, -0.2) is 10.8 Å². The van der Waals surface area contributed by atoms with Gasteiger partial charge in [0.2, 0.25) is 0 Å². The number of benzene rings is 1. The first-order valence-corrected chi connectivity index (χ1v) is 5.44. The third kappa shape index (κ3) is 3.04. The SMILES string of the molecule is N=C(N)c1cc(COc2c(F)cccc2F)ccn1. The van der Waals surface area contributed by atoms with Crippen LogP contribution in [-0.2, 0) is 6.61 Å². The Morgan fingerprint density at radius 2 is 1.95 bits per heavy atom. The number of pyridine rings is 1. The van der Waals surface area contributed by atoms with Gasteiger partial charge in [-0.3, -0.25) is 10.4 Å². The molecule has 0 aliphatic heterocycles. The third-order valence-electron chi connectivity index (χ3n) is 2.40. The minimum absolute atomic E-state index is 0.0410. The summed E-state index contributed by atoms with van der Waals surface area (Å²) >= 11 is 0. The lowest BCUT2D eigenvalue weighted by atomic mass is 10.2. The average molecular weight is 263 g/mol. The molecule has 3 N–H and O–H groups in total. The van der Waals surface area contributed by atoms with Crippen LogP contribution in [0.2, 0.25) is 0 Å². The largest absolute Gasteiger partial charge is 0.483 e. The van der Waals surface area contributed by atoms with E-state index in [9.17, 15) is 8.78 Å². The molecule has 0 radical (unpaired) electrons. The smallest absolute Gasteiger partial charge is 0.191 e. The number of halogens is 2. The number of ether oxygens (including phenoxy) is 1. The van der Waals surface area contributed by atoms with Crippen molar-refractivity contribution < 1.29 is 13.5 Å². The lowest BCUT2D eigenvalue weighted by molar-refractivity contribution is 0.274. The summed E-state index contributed by atoms with van der Waals surface area (Å²) in [6.07, 6.45) is 1.45. The van der Waals surface area contributed by atoms with E-state index >= 15 is 0 Å². The van der Waals surface area contributed by atoms with Crippen molar-refractivity contribution in [3.05, 3.63) is 59.4 Å². The number of nitrogen functional groups attached to an aromatic ring is 1. The lowest BCUT2D eigenvalue weighted by Gasteiger charge is -2.08. The van der Waals surface area contributed by atoms with E-state index in [4.69, 9.17) is 15.9 Å². The Kier molecular flexibility index (Phi) is 3.70. The summed E-state index contributed by atoms with van der Waals surface area (Å²) < 4.78 is 31.8. The maximum absolute atomic E-state index is 13.3. The molecule has 0 atom stereocenters. The molecule has 98 valence electrons. The summed E-state index contributed by atoms with van der Waals surface area (Å²) in [5.74, 6) is -2.13. The highest BCUT2D eigenvalue weighted by Crippen LogP contribution is 2.21. The number of nitrogens with two attached hydrogens (primary N) is 1. The summed E-state index contributed by atoms with van der Waals surface area (Å²) in [4.78, 5) is 3.88. The predicted octanol–water partition coefficient (Wildman–Crippen LogP) is 2.22.